The minimum atomic E-state index is 0. The van der Waals surface area contributed by atoms with Crippen LogP contribution in [-0.4, -0.2) is 37.5 Å². The predicted octanol–water partition coefficient (Wildman–Crippen LogP) is 2.52. The van der Waals surface area contributed by atoms with Gasteiger partial charge in [0.05, 0.1) is 0 Å². The lowest BCUT2D eigenvalue weighted by Crippen LogP contribution is -2.38. The maximum absolute atomic E-state index is 11.6. The summed E-state index contributed by atoms with van der Waals surface area (Å²) in [5, 5.41) is 11.7. The summed E-state index contributed by atoms with van der Waals surface area (Å²) in [6.07, 6.45) is 4.64. The third-order valence-electron chi connectivity index (χ3n) is 3.36. The Bertz CT molecular complexity index is 474. The fourth-order valence-electron chi connectivity index (χ4n) is 2.06. The normalized spacial score (nSPS) is 14.0. The highest BCUT2D eigenvalue weighted by molar-refractivity contribution is 14.0. The van der Waals surface area contributed by atoms with Gasteiger partial charge in [0, 0.05) is 37.0 Å². The first-order valence-electron chi connectivity index (χ1n) is 8.12. The zero-order valence-corrected chi connectivity index (χ0v) is 16.8. The second-order valence-electron chi connectivity index (χ2n) is 5.46. The van der Waals surface area contributed by atoms with Crippen LogP contribution >= 0.6 is 35.3 Å². The van der Waals surface area contributed by atoms with Crippen LogP contribution in [-0.2, 0) is 11.2 Å². The Morgan fingerprint density at radius 2 is 2.22 bits per heavy atom. The van der Waals surface area contributed by atoms with E-state index in [1.54, 1.807) is 11.3 Å². The van der Waals surface area contributed by atoms with E-state index >= 15 is 0 Å². The van der Waals surface area contributed by atoms with Gasteiger partial charge in [-0.2, -0.15) is 0 Å². The minimum absolute atomic E-state index is 0. The van der Waals surface area contributed by atoms with Gasteiger partial charge in [0.15, 0.2) is 5.96 Å². The first kappa shape index (κ1) is 20.2. The van der Waals surface area contributed by atoms with Crippen LogP contribution in [0.1, 0.15) is 37.5 Å². The molecule has 0 spiro atoms. The molecule has 1 aliphatic rings. The number of guanidine groups is 1. The largest absolute Gasteiger partial charge is 0.357 e. The highest BCUT2D eigenvalue weighted by Gasteiger charge is 2.22. The molecule has 1 fully saturated rings. The quantitative estimate of drug-likeness (QED) is 0.235. The Morgan fingerprint density at radius 3 is 2.87 bits per heavy atom. The first-order chi connectivity index (χ1) is 10.8. The molecule has 1 aromatic rings. The molecule has 0 bridgehead atoms. The van der Waals surface area contributed by atoms with Crippen molar-refractivity contribution in [2.24, 2.45) is 4.99 Å². The number of rotatable bonds is 9. The summed E-state index contributed by atoms with van der Waals surface area (Å²) >= 11 is 1.78. The van der Waals surface area contributed by atoms with E-state index < -0.39 is 0 Å². The van der Waals surface area contributed by atoms with Crippen LogP contribution < -0.4 is 16.0 Å². The number of thiophene rings is 1. The minimum Gasteiger partial charge on any atom is -0.357 e. The lowest BCUT2D eigenvalue weighted by molar-refractivity contribution is -0.121. The second kappa shape index (κ2) is 11.7. The molecule has 0 saturated heterocycles. The van der Waals surface area contributed by atoms with Gasteiger partial charge < -0.3 is 16.0 Å². The molecule has 1 heterocycles. The summed E-state index contributed by atoms with van der Waals surface area (Å²) in [6, 6.07) is 4.67. The molecule has 3 N–H and O–H groups in total. The molecule has 5 nitrogen and oxygen atoms in total. The first-order valence-corrected chi connectivity index (χ1v) is 9.00. The molecule has 130 valence electrons. The van der Waals surface area contributed by atoms with Crippen LogP contribution in [0.4, 0.5) is 0 Å². The van der Waals surface area contributed by atoms with Crippen molar-refractivity contribution in [1.29, 1.82) is 0 Å². The molecule has 0 aromatic carbocycles. The number of nitrogens with zero attached hydrogens (tertiary/aromatic N) is 1. The van der Waals surface area contributed by atoms with Gasteiger partial charge in [0.25, 0.3) is 0 Å². The maximum Gasteiger partial charge on any atom is 0.220 e. The van der Waals surface area contributed by atoms with E-state index in [0.717, 1.165) is 44.7 Å². The SMILES string of the molecule is CCNC(=NCCCC(=O)NC1CC1)NCCc1cccs1.I. The van der Waals surface area contributed by atoms with Crippen molar-refractivity contribution in [1.82, 2.24) is 16.0 Å². The average Bonchev–Trinajstić information content (AvgIpc) is 3.15. The summed E-state index contributed by atoms with van der Waals surface area (Å²) in [5.74, 6) is 0.995. The van der Waals surface area contributed by atoms with Gasteiger partial charge in [-0.15, -0.1) is 35.3 Å². The summed E-state index contributed by atoms with van der Waals surface area (Å²) < 4.78 is 0. The second-order valence-corrected chi connectivity index (χ2v) is 6.49. The van der Waals surface area contributed by atoms with Crippen molar-refractivity contribution in [2.45, 2.75) is 45.1 Å². The molecule has 2 rings (SSSR count). The molecule has 1 aliphatic carbocycles. The Labute approximate surface area is 159 Å². The fourth-order valence-corrected chi connectivity index (χ4v) is 2.77. The number of amides is 1. The van der Waals surface area contributed by atoms with E-state index in [2.05, 4.69) is 45.4 Å². The Kier molecular flexibility index (Phi) is 10.3. The zero-order valence-electron chi connectivity index (χ0n) is 13.6. The van der Waals surface area contributed by atoms with Crippen LogP contribution in [0.5, 0.6) is 0 Å². The topological polar surface area (TPSA) is 65.5 Å². The number of carbonyl (C=O) groups excluding carboxylic acids is 1. The van der Waals surface area contributed by atoms with Gasteiger partial charge in [-0.1, -0.05) is 6.07 Å². The molecule has 23 heavy (non-hydrogen) atoms. The van der Waals surface area contributed by atoms with Crippen molar-refractivity contribution in [3.63, 3.8) is 0 Å². The molecular weight excluding hydrogens is 423 g/mol. The molecule has 0 radical (unpaired) electrons. The highest BCUT2D eigenvalue weighted by Crippen LogP contribution is 2.18. The number of hydrogen-bond acceptors (Lipinski definition) is 3. The summed E-state index contributed by atoms with van der Waals surface area (Å²) in [6.45, 7) is 4.44. The van der Waals surface area contributed by atoms with Crippen LogP contribution in [0.3, 0.4) is 0 Å². The average molecular weight is 450 g/mol. The number of nitrogens with one attached hydrogen (secondary N) is 3. The van der Waals surface area contributed by atoms with Gasteiger partial charge in [0.1, 0.15) is 0 Å². The lowest BCUT2D eigenvalue weighted by atomic mass is 10.3. The third-order valence-corrected chi connectivity index (χ3v) is 4.30. The number of hydrogen-bond donors (Lipinski definition) is 3. The Balaban J connectivity index is 0.00000264. The monoisotopic (exact) mass is 450 g/mol. The molecule has 0 unspecified atom stereocenters. The summed E-state index contributed by atoms with van der Waals surface area (Å²) in [5.41, 5.74) is 0. The number of aliphatic imine (C=N–C) groups is 1. The van der Waals surface area contributed by atoms with Gasteiger partial charge in [-0.3, -0.25) is 9.79 Å². The summed E-state index contributed by atoms with van der Waals surface area (Å²) in [7, 11) is 0. The van der Waals surface area contributed by atoms with Crippen molar-refractivity contribution in [3.8, 4) is 0 Å². The maximum atomic E-state index is 11.6. The highest BCUT2D eigenvalue weighted by atomic mass is 127. The molecule has 0 aliphatic heterocycles. The third kappa shape index (κ3) is 9.14. The molecule has 1 aromatic heterocycles. The van der Waals surface area contributed by atoms with E-state index in [9.17, 15) is 4.79 Å². The van der Waals surface area contributed by atoms with E-state index in [4.69, 9.17) is 0 Å². The molecular formula is C16H27IN4OS. The predicted molar refractivity (Wildman–Crippen MR) is 108 cm³/mol. The lowest BCUT2D eigenvalue weighted by Gasteiger charge is -2.10. The van der Waals surface area contributed by atoms with Gasteiger partial charge in [-0.25, -0.2) is 0 Å². The molecule has 0 atom stereocenters. The van der Waals surface area contributed by atoms with Crippen LogP contribution in [0.25, 0.3) is 0 Å². The van der Waals surface area contributed by atoms with E-state index in [1.807, 2.05) is 0 Å². The van der Waals surface area contributed by atoms with Crippen molar-refractivity contribution < 1.29 is 4.79 Å². The van der Waals surface area contributed by atoms with Gasteiger partial charge >= 0.3 is 0 Å². The number of halogens is 1. The zero-order chi connectivity index (χ0) is 15.6. The van der Waals surface area contributed by atoms with E-state index in [-0.39, 0.29) is 29.9 Å². The van der Waals surface area contributed by atoms with Crippen molar-refractivity contribution in [2.75, 3.05) is 19.6 Å². The Morgan fingerprint density at radius 1 is 1.39 bits per heavy atom. The molecule has 7 heteroatoms. The molecule has 1 saturated carbocycles. The van der Waals surface area contributed by atoms with Crippen LogP contribution in [0.2, 0.25) is 0 Å². The van der Waals surface area contributed by atoms with Crippen molar-refractivity contribution >= 4 is 47.2 Å². The Hall–Kier alpha value is -0.830. The van der Waals surface area contributed by atoms with Gasteiger partial charge in [-0.05, 0) is 44.1 Å². The van der Waals surface area contributed by atoms with E-state index in [0.29, 0.717) is 19.0 Å². The smallest absolute Gasteiger partial charge is 0.220 e. The number of carbonyl (C=O) groups is 1. The molecule has 1 amide bonds. The van der Waals surface area contributed by atoms with Crippen molar-refractivity contribution in [3.05, 3.63) is 22.4 Å². The van der Waals surface area contributed by atoms with Crippen LogP contribution in [0, 0.1) is 0 Å². The van der Waals surface area contributed by atoms with Gasteiger partial charge in [0.2, 0.25) is 5.91 Å². The fraction of sp³-hybridized carbons (Fsp3) is 0.625. The van der Waals surface area contributed by atoms with E-state index in [1.165, 1.54) is 4.88 Å². The summed E-state index contributed by atoms with van der Waals surface area (Å²) in [4.78, 5) is 17.5. The standard InChI is InChI=1S/C16H26N4OS.HI/c1-2-17-16(19-11-9-14-5-4-12-22-14)18-10-3-6-15(21)20-13-7-8-13;/h4-5,12-13H,2-3,6-11H2,1H3,(H,20,21)(H2,17,18,19);1H. The van der Waals surface area contributed by atoms with Crippen LogP contribution in [0.15, 0.2) is 22.5 Å².